The third-order valence-electron chi connectivity index (χ3n) is 2.93. The topological polar surface area (TPSA) is 76.2 Å². The number of nitro groups is 1. The van der Waals surface area contributed by atoms with Crippen molar-refractivity contribution >= 4 is 17.3 Å². The van der Waals surface area contributed by atoms with Crippen molar-refractivity contribution in [2.75, 3.05) is 0 Å². The molecule has 0 aliphatic carbocycles. The number of nitrogens with zero attached hydrogens (tertiary/aromatic N) is 2. The van der Waals surface area contributed by atoms with Crippen LogP contribution in [0.3, 0.4) is 0 Å². The van der Waals surface area contributed by atoms with Gasteiger partial charge in [0.25, 0.3) is 5.69 Å². The largest absolute Gasteiger partial charge is 0.456 e. The molecule has 2 rings (SSSR count). The van der Waals surface area contributed by atoms with Crippen LogP contribution in [0.2, 0.25) is 5.02 Å². The predicted octanol–water partition coefficient (Wildman–Crippen LogP) is 4.53. The van der Waals surface area contributed by atoms with Gasteiger partial charge in [-0.05, 0) is 43.2 Å². The summed E-state index contributed by atoms with van der Waals surface area (Å²) in [6, 6.07) is 9.29. The first-order valence-electron chi connectivity index (χ1n) is 6.05. The Bertz CT molecular complexity index is 743. The molecule has 2 aromatic rings. The van der Waals surface area contributed by atoms with Crippen molar-refractivity contribution in [3.63, 3.8) is 0 Å². The number of aryl methyl sites for hydroxylation is 2. The van der Waals surface area contributed by atoms with Crippen molar-refractivity contribution in [1.29, 1.82) is 5.26 Å². The number of hydrogen-bond donors (Lipinski definition) is 0. The summed E-state index contributed by atoms with van der Waals surface area (Å²) in [6.45, 7) is 3.70. The number of nitriles is 1. The van der Waals surface area contributed by atoms with Crippen LogP contribution in [0.1, 0.15) is 16.7 Å². The van der Waals surface area contributed by atoms with Gasteiger partial charge in [-0.3, -0.25) is 10.1 Å². The number of halogens is 1. The lowest BCUT2D eigenvalue weighted by molar-refractivity contribution is -0.384. The van der Waals surface area contributed by atoms with Gasteiger partial charge in [0.05, 0.1) is 4.92 Å². The second-order valence-electron chi connectivity index (χ2n) is 4.52. The molecule has 0 fully saturated rings. The molecule has 5 nitrogen and oxygen atoms in total. The van der Waals surface area contributed by atoms with E-state index in [1.54, 1.807) is 12.1 Å². The van der Waals surface area contributed by atoms with Gasteiger partial charge in [-0.25, -0.2) is 0 Å². The number of hydrogen-bond acceptors (Lipinski definition) is 4. The van der Waals surface area contributed by atoms with Gasteiger partial charge in [0.1, 0.15) is 23.1 Å². The van der Waals surface area contributed by atoms with E-state index in [1.165, 1.54) is 18.2 Å². The first-order chi connectivity index (χ1) is 9.92. The average Bonchev–Trinajstić information content (AvgIpc) is 2.44. The van der Waals surface area contributed by atoms with Crippen LogP contribution < -0.4 is 4.74 Å². The summed E-state index contributed by atoms with van der Waals surface area (Å²) in [5.74, 6) is 0.795. The summed E-state index contributed by atoms with van der Waals surface area (Å²) in [4.78, 5) is 10.2. The lowest BCUT2D eigenvalue weighted by atomic mass is 10.1. The molecule has 6 heteroatoms. The summed E-state index contributed by atoms with van der Waals surface area (Å²) in [6.07, 6.45) is 0. The van der Waals surface area contributed by atoms with E-state index in [4.69, 9.17) is 21.6 Å². The van der Waals surface area contributed by atoms with E-state index in [0.29, 0.717) is 10.8 Å². The molecule has 0 radical (unpaired) electrons. The lowest BCUT2D eigenvalue weighted by Gasteiger charge is -2.10. The van der Waals surface area contributed by atoms with Crippen molar-refractivity contribution in [2.24, 2.45) is 0 Å². The minimum absolute atomic E-state index is 0.106. The Morgan fingerprint density at radius 1 is 1.24 bits per heavy atom. The van der Waals surface area contributed by atoms with E-state index in [-0.39, 0.29) is 17.0 Å². The SMILES string of the molecule is Cc1cc(Oc2ccc([N+](=O)[O-])cc2C#N)cc(C)c1Cl. The number of rotatable bonds is 3. The van der Waals surface area contributed by atoms with Crippen molar-refractivity contribution in [1.82, 2.24) is 0 Å². The van der Waals surface area contributed by atoms with Crippen molar-refractivity contribution in [3.05, 3.63) is 62.2 Å². The van der Waals surface area contributed by atoms with E-state index in [0.717, 1.165) is 11.1 Å². The Morgan fingerprint density at radius 2 is 1.86 bits per heavy atom. The molecule has 0 aliphatic heterocycles. The van der Waals surface area contributed by atoms with Crippen LogP contribution in [0, 0.1) is 35.3 Å². The monoisotopic (exact) mass is 302 g/mol. The molecule has 0 bridgehead atoms. The van der Waals surface area contributed by atoms with Gasteiger partial charge in [0.2, 0.25) is 0 Å². The third kappa shape index (κ3) is 3.12. The van der Waals surface area contributed by atoms with Gasteiger partial charge in [-0.1, -0.05) is 11.6 Å². The molecular formula is C15H11ClN2O3. The maximum Gasteiger partial charge on any atom is 0.271 e. The quantitative estimate of drug-likeness (QED) is 0.616. The lowest BCUT2D eigenvalue weighted by Crippen LogP contribution is -1.93. The molecule has 106 valence electrons. The zero-order valence-corrected chi connectivity index (χ0v) is 12.1. The molecule has 0 saturated heterocycles. The maximum atomic E-state index is 10.7. The Balaban J connectivity index is 2.40. The summed E-state index contributed by atoms with van der Waals surface area (Å²) in [5, 5.41) is 20.4. The molecule has 0 unspecified atom stereocenters. The molecular weight excluding hydrogens is 292 g/mol. The Hall–Kier alpha value is -2.58. The van der Waals surface area contributed by atoms with Crippen molar-refractivity contribution in [2.45, 2.75) is 13.8 Å². The van der Waals surface area contributed by atoms with E-state index >= 15 is 0 Å². The maximum absolute atomic E-state index is 10.7. The van der Waals surface area contributed by atoms with Gasteiger partial charge in [-0.2, -0.15) is 5.26 Å². The smallest absolute Gasteiger partial charge is 0.271 e. The molecule has 0 N–H and O–H groups in total. The summed E-state index contributed by atoms with van der Waals surface area (Å²) < 4.78 is 5.65. The minimum Gasteiger partial charge on any atom is -0.456 e. The van der Waals surface area contributed by atoms with Crippen LogP contribution in [0.4, 0.5) is 5.69 Å². The Labute approximate surface area is 126 Å². The van der Waals surface area contributed by atoms with E-state index in [9.17, 15) is 10.1 Å². The molecule has 0 aromatic heterocycles. The van der Waals surface area contributed by atoms with Crippen molar-refractivity contribution < 1.29 is 9.66 Å². The summed E-state index contributed by atoms with van der Waals surface area (Å²) in [5.41, 5.74) is 1.66. The van der Waals surface area contributed by atoms with E-state index in [2.05, 4.69) is 0 Å². The Kier molecular flexibility index (Phi) is 4.10. The van der Waals surface area contributed by atoms with E-state index < -0.39 is 4.92 Å². The second kappa shape index (κ2) is 5.81. The molecule has 0 atom stereocenters. The summed E-state index contributed by atoms with van der Waals surface area (Å²) >= 11 is 6.08. The minimum atomic E-state index is -0.554. The molecule has 0 amide bonds. The highest BCUT2D eigenvalue weighted by Gasteiger charge is 2.13. The van der Waals surface area contributed by atoms with Crippen LogP contribution in [-0.2, 0) is 0 Å². The highest BCUT2D eigenvalue weighted by Crippen LogP contribution is 2.32. The van der Waals surface area contributed by atoms with Gasteiger partial charge in [0.15, 0.2) is 0 Å². The zero-order valence-electron chi connectivity index (χ0n) is 11.4. The highest BCUT2D eigenvalue weighted by molar-refractivity contribution is 6.32. The van der Waals surface area contributed by atoms with Crippen LogP contribution >= 0.6 is 11.6 Å². The fourth-order valence-electron chi connectivity index (χ4n) is 1.90. The zero-order chi connectivity index (χ0) is 15.6. The van der Waals surface area contributed by atoms with Crippen LogP contribution in [0.5, 0.6) is 11.5 Å². The first kappa shape index (κ1) is 14.8. The van der Waals surface area contributed by atoms with Crippen LogP contribution in [0.25, 0.3) is 0 Å². The van der Waals surface area contributed by atoms with Crippen molar-refractivity contribution in [3.8, 4) is 17.6 Å². The summed E-state index contributed by atoms with van der Waals surface area (Å²) in [7, 11) is 0. The predicted molar refractivity (Wildman–Crippen MR) is 78.8 cm³/mol. The highest BCUT2D eigenvalue weighted by atomic mass is 35.5. The first-order valence-corrected chi connectivity index (χ1v) is 6.43. The average molecular weight is 303 g/mol. The molecule has 0 saturated carbocycles. The fourth-order valence-corrected chi connectivity index (χ4v) is 2.01. The molecule has 2 aromatic carbocycles. The molecule has 0 aliphatic rings. The van der Waals surface area contributed by atoms with Crippen LogP contribution in [0.15, 0.2) is 30.3 Å². The van der Waals surface area contributed by atoms with Gasteiger partial charge >= 0.3 is 0 Å². The number of ether oxygens (including phenoxy) is 1. The normalized spacial score (nSPS) is 10.0. The fraction of sp³-hybridized carbons (Fsp3) is 0.133. The Morgan fingerprint density at radius 3 is 2.38 bits per heavy atom. The standard InChI is InChI=1S/C15H11ClN2O3/c1-9-5-13(6-10(2)15(9)16)21-14-4-3-12(18(19)20)7-11(14)8-17/h3-7H,1-2H3. The second-order valence-corrected chi connectivity index (χ2v) is 4.90. The number of non-ortho nitro benzene ring substituents is 1. The van der Waals surface area contributed by atoms with Gasteiger partial charge in [-0.15, -0.1) is 0 Å². The van der Waals surface area contributed by atoms with Gasteiger partial charge < -0.3 is 4.74 Å². The third-order valence-corrected chi connectivity index (χ3v) is 3.53. The number of nitro benzene ring substituents is 1. The molecule has 0 spiro atoms. The van der Waals surface area contributed by atoms with Gasteiger partial charge in [0, 0.05) is 17.2 Å². The molecule has 0 heterocycles. The number of benzene rings is 2. The van der Waals surface area contributed by atoms with Crippen LogP contribution in [-0.4, -0.2) is 4.92 Å². The molecule has 21 heavy (non-hydrogen) atoms. The van der Waals surface area contributed by atoms with E-state index in [1.807, 2.05) is 19.9 Å².